The highest BCUT2D eigenvalue weighted by atomic mass is 35.5. The number of pyridine rings is 1. The number of hydrogen-bond donors (Lipinski definition) is 2. The molecule has 1 fully saturated rings. The van der Waals surface area contributed by atoms with Crippen LogP contribution in [0.25, 0.3) is 22.0 Å². The Morgan fingerprint density at radius 1 is 1.12 bits per heavy atom. The molecule has 2 aromatic carbocycles. The second-order valence-electron chi connectivity index (χ2n) is 7.86. The Balaban J connectivity index is 1.84. The number of halogens is 1. The lowest BCUT2D eigenvalue weighted by Crippen LogP contribution is -2.35. The lowest BCUT2D eigenvalue weighted by Gasteiger charge is -2.23. The number of H-pyrrole nitrogens is 1. The zero-order chi connectivity index (χ0) is 23.5. The number of piperidine rings is 1. The number of fused-ring (bicyclic) bond motifs is 1. The summed E-state index contributed by atoms with van der Waals surface area (Å²) < 4.78 is 6.07. The van der Waals surface area contributed by atoms with Gasteiger partial charge in [-0.1, -0.05) is 30.2 Å². The summed E-state index contributed by atoms with van der Waals surface area (Å²) >= 11 is 6.03. The second-order valence-corrected chi connectivity index (χ2v) is 8.26. The molecule has 4 rings (SSSR count). The molecule has 2 heterocycles. The maximum atomic E-state index is 13.0. The highest BCUT2D eigenvalue weighted by molar-refractivity contribution is 6.33. The smallest absolute Gasteiger partial charge is 0.288 e. The number of rotatable bonds is 7. The molecular formula is C22H21ClN4O6. The fraction of sp³-hybridized carbons (Fsp3) is 0.318. The molecule has 1 saturated heterocycles. The van der Waals surface area contributed by atoms with Crippen molar-refractivity contribution >= 4 is 33.9 Å². The number of nitro benzene ring substituents is 2. The van der Waals surface area contributed by atoms with Gasteiger partial charge in [-0.3, -0.25) is 25.0 Å². The van der Waals surface area contributed by atoms with E-state index in [9.17, 15) is 25.0 Å². The van der Waals surface area contributed by atoms with Crippen LogP contribution in [-0.2, 0) is 0 Å². The van der Waals surface area contributed by atoms with Gasteiger partial charge in [0.05, 0.1) is 27.5 Å². The van der Waals surface area contributed by atoms with Gasteiger partial charge in [0.25, 0.3) is 16.9 Å². The van der Waals surface area contributed by atoms with Crippen LogP contribution in [0.1, 0.15) is 25.7 Å². The minimum Gasteiger partial charge on any atom is -0.492 e. The normalized spacial score (nSPS) is 16.0. The number of ether oxygens (including phenoxy) is 1. The molecule has 2 N–H and O–H groups in total. The summed E-state index contributed by atoms with van der Waals surface area (Å²) in [7, 11) is 0. The first-order chi connectivity index (χ1) is 15.8. The number of non-ortho nitro benzene ring substituents is 1. The van der Waals surface area contributed by atoms with Crippen LogP contribution in [-0.4, -0.2) is 34.0 Å². The molecule has 3 aromatic rings. The van der Waals surface area contributed by atoms with Crippen molar-refractivity contribution in [1.82, 2.24) is 10.3 Å². The van der Waals surface area contributed by atoms with Crippen molar-refractivity contribution in [2.24, 2.45) is 0 Å². The first-order valence-electron chi connectivity index (χ1n) is 10.5. The fourth-order valence-corrected chi connectivity index (χ4v) is 4.31. The molecule has 0 aliphatic carbocycles. The Bertz CT molecular complexity index is 1290. The lowest BCUT2D eigenvalue weighted by atomic mass is 10.0. The van der Waals surface area contributed by atoms with Crippen LogP contribution < -0.4 is 15.6 Å². The number of aromatic nitrogens is 1. The van der Waals surface area contributed by atoms with Crippen molar-refractivity contribution < 1.29 is 14.6 Å². The molecule has 1 unspecified atom stereocenters. The molecular weight excluding hydrogens is 452 g/mol. The Kier molecular flexibility index (Phi) is 6.57. The Labute approximate surface area is 192 Å². The first kappa shape index (κ1) is 22.7. The summed E-state index contributed by atoms with van der Waals surface area (Å²) in [5.74, 6) is 0.129. The van der Waals surface area contributed by atoms with Crippen molar-refractivity contribution in [3.8, 4) is 16.9 Å². The van der Waals surface area contributed by atoms with Crippen LogP contribution >= 0.6 is 11.6 Å². The van der Waals surface area contributed by atoms with Crippen molar-refractivity contribution in [3.63, 3.8) is 0 Å². The predicted molar refractivity (Wildman–Crippen MR) is 124 cm³/mol. The third kappa shape index (κ3) is 4.81. The van der Waals surface area contributed by atoms with Crippen LogP contribution in [0.2, 0.25) is 5.02 Å². The van der Waals surface area contributed by atoms with Crippen LogP contribution in [0.5, 0.6) is 5.75 Å². The predicted octanol–water partition coefficient (Wildman–Crippen LogP) is 4.58. The highest BCUT2D eigenvalue weighted by Crippen LogP contribution is 2.38. The molecule has 0 radical (unpaired) electrons. The maximum Gasteiger partial charge on any atom is 0.288 e. The maximum absolute atomic E-state index is 13.0. The van der Waals surface area contributed by atoms with Crippen molar-refractivity contribution in [1.29, 1.82) is 0 Å². The Hall–Kier alpha value is -3.50. The van der Waals surface area contributed by atoms with Gasteiger partial charge >= 0.3 is 0 Å². The van der Waals surface area contributed by atoms with E-state index in [1.54, 1.807) is 6.07 Å². The molecule has 1 atom stereocenters. The van der Waals surface area contributed by atoms with E-state index in [-0.39, 0.29) is 51.4 Å². The van der Waals surface area contributed by atoms with Crippen LogP contribution in [0, 0.1) is 20.2 Å². The summed E-state index contributed by atoms with van der Waals surface area (Å²) in [6.45, 7) is 1.19. The van der Waals surface area contributed by atoms with Crippen molar-refractivity contribution in [2.45, 2.75) is 31.7 Å². The van der Waals surface area contributed by atoms with Gasteiger partial charge in [-0.15, -0.1) is 0 Å². The summed E-state index contributed by atoms with van der Waals surface area (Å²) in [6, 6.07) is 8.46. The van der Waals surface area contributed by atoms with Crippen LogP contribution in [0.3, 0.4) is 0 Å². The van der Waals surface area contributed by atoms with E-state index in [1.807, 2.05) is 0 Å². The van der Waals surface area contributed by atoms with E-state index >= 15 is 0 Å². The molecule has 0 bridgehead atoms. The number of benzene rings is 2. The van der Waals surface area contributed by atoms with Gasteiger partial charge in [0.2, 0.25) is 0 Å². The third-order valence-electron chi connectivity index (χ3n) is 5.70. The molecule has 172 valence electrons. The van der Waals surface area contributed by atoms with Gasteiger partial charge in [0.15, 0.2) is 0 Å². The van der Waals surface area contributed by atoms with E-state index in [2.05, 4.69) is 10.3 Å². The van der Waals surface area contributed by atoms with Crippen LogP contribution in [0.4, 0.5) is 11.4 Å². The molecule has 0 spiro atoms. The minimum absolute atomic E-state index is 0.0689. The summed E-state index contributed by atoms with van der Waals surface area (Å²) in [4.78, 5) is 37.3. The molecule has 11 heteroatoms. The fourth-order valence-electron chi connectivity index (χ4n) is 4.08. The zero-order valence-corrected chi connectivity index (χ0v) is 18.3. The number of aromatic amines is 1. The monoisotopic (exact) mass is 472 g/mol. The van der Waals surface area contributed by atoms with Crippen LogP contribution in [0.15, 0.2) is 41.2 Å². The zero-order valence-electron chi connectivity index (χ0n) is 17.5. The SMILES string of the molecule is O=c1[nH]c2cc(Cl)c([N+](=O)[O-])cc2c(OCCC2CCCCN2)c1-c1cccc([N+](=O)[O-])c1. The van der Waals surface area contributed by atoms with Gasteiger partial charge in [0.1, 0.15) is 10.8 Å². The van der Waals surface area contributed by atoms with E-state index in [1.165, 1.54) is 30.3 Å². The number of hydrogen-bond acceptors (Lipinski definition) is 7. The van der Waals surface area contributed by atoms with Crippen molar-refractivity contribution in [3.05, 3.63) is 72.0 Å². The van der Waals surface area contributed by atoms with Gasteiger partial charge in [-0.25, -0.2) is 0 Å². The van der Waals surface area contributed by atoms with Gasteiger partial charge in [-0.2, -0.15) is 0 Å². The Morgan fingerprint density at radius 2 is 1.94 bits per heavy atom. The van der Waals surface area contributed by atoms with Gasteiger partial charge in [-0.05, 0) is 37.4 Å². The van der Waals surface area contributed by atoms with Gasteiger partial charge in [0, 0.05) is 29.6 Å². The largest absolute Gasteiger partial charge is 0.492 e. The summed E-state index contributed by atoms with van der Waals surface area (Å²) in [6.07, 6.45) is 3.93. The molecule has 10 nitrogen and oxygen atoms in total. The number of nitro groups is 2. The van der Waals surface area contributed by atoms with Crippen molar-refractivity contribution in [2.75, 3.05) is 13.2 Å². The summed E-state index contributed by atoms with van der Waals surface area (Å²) in [5, 5.41) is 26.3. The van der Waals surface area contributed by atoms with E-state index in [0.29, 0.717) is 11.8 Å². The lowest BCUT2D eigenvalue weighted by molar-refractivity contribution is -0.384. The van der Waals surface area contributed by atoms with E-state index < -0.39 is 15.4 Å². The molecule has 33 heavy (non-hydrogen) atoms. The standard InChI is InChI=1S/C22H21ClN4O6/c23-17-12-18-16(11-19(17)27(31)32)21(33-9-7-14-5-1-2-8-24-14)20(22(28)25-18)13-4-3-6-15(10-13)26(29)30/h3-4,6,10-12,14,24H,1-2,5,7-9H2,(H,25,28). The molecule has 1 aliphatic rings. The molecule has 1 aliphatic heterocycles. The number of nitrogens with one attached hydrogen (secondary N) is 2. The highest BCUT2D eigenvalue weighted by Gasteiger charge is 2.23. The van der Waals surface area contributed by atoms with E-state index in [0.717, 1.165) is 25.8 Å². The quantitative estimate of drug-likeness (QED) is 0.378. The summed E-state index contributed by atoms with van der Waals surface area (Å²) in [5.41, 5.74) is -0.448. The average Bonchev–Trinajstić information content (AvgIpc) is 2.79. The number of nitrogens with zero attached hydrogens (tertiary/aromatic N) is 2. The molecule has 0 amide bonds. The Morgan fingerprint density at radius 3 is 2.64 bits per heavy atom. The third-order valence-corrected chi connectivity index (χ3v) is 6.00. The molecule has 0 saturated carbocycles. The molecule has 1 aromatic heterocycles. The minimum atomic E-state index is -0.615. The first-order valence-corrected chi connectivity index (χ1v) is 10.9. The average molecular weight is 473 g/mol. The topological polar surface area (TPSA) is 140 Å². The van der Waals surface area contributed by atoms with Gasteiger partial charge < -0.3 is 15.0 Å². The van der Waals surface area contributed by atoms with E-state index in [4.69, 9.17) is 16.3 Å². The second kappa shape index (κ2) is 9.55.